The lowest BCUT2D eigenvalue weighted by Gasteiger charge is -2.46. The number of anilines is 1. The highest BCUT2D eigenvalue weighted by Gasteiger charge is 2.62. The molecule has 0 unspecified atom stereocenters. The summed E-state index contributed by atoms with van der Waals surface area (Å²) in [6.07, 6.45) is -5.68. The summed E-state index contributed by atoms with van der Waals surface area (Å²) in [6, 6.07) is 3.76. The van der Waals surface area contributed by atoms with Gasteiger partial charge in [0.05, 0.1) is 16.6 Å². The van der Waals surface area contributed by atoms with Crippen molar-refractivity contribution in [3.8, 4) is 5.75 Å². The molecule has 0 radical (unpaired) electrons. The van der Waals surface area contributed by atoms with E-state index in [4.69, 9.17) is 23.2 Å². The van der Waals surface area contributed by atoms with Crippen molar-refractivity contribution in [2.24, 2.45) is 0 Å². The number of hydrogen-bond acceptors (Lipinski definition) is 4. The van der Waals surface area contributed by atoms with Crippen LogP contribution in [0.4, 0.5) is 23.2 Å². The van der Waals surface area contributed by atoms with E-state index in [0.29, 0.717) is 0 Å². The average Bonchev–Trinajstić information content (AvgIpc) is 2.72. The van der Waals surface area contributed by atoms with Gasteiger partial charge in [0.2, 0.25) is 5.56 Å². The first-order valence-corrected chi connectivity index (χ1v) is 10.7. The summed E-state index contributed by atoms with van der Waals surface area (Å²) in [6.45, 7) is 1.62. The van der Waals surface area contributed by atoms with E-state index in [-0.39, 0.29) is 44.2 Å². The van der Waals surface area contributed by atoms with E-state index in [1.807, 2.05) is 0 Å². The van der Waals surface area contributed by atoms with Crippen molar-refractivity contribution in [3.05, 3.63) is 67.7 Å². The van der Waals surface area contributed by atoms with Gasteiger partial charge >= 0.3 is 6.18 Å². The summed E-state index contributed by atoms with van der Waals surface area (Å²) in [5, 5.41) is 24.1. The number of halogens is 6. The number of phenols is 1. The summed E-state index contributed by atoms with van der Waals surface area (Å²) < 4.78 is 57.1. The molecule has 1 aliphatic carbocycles. The van der Waals surface area contributed by atoms with Crippen LogP contribution in [0.15, 0.2) is 35.1 Å². The number of aliphatic hydroxyl groups is 1. The third kappa shape index (κ3) is 3.82. The minimum atomic E-state index is -5.09. The van der Waals surface area contributed by atoms with Gasteiger partial charge in [-0.05, 0) is 48.6 Å². The number of aromatic nitrogens is 1. The monoisotopic (exact) mass is 504 g/mol. The third-order valence-corrected chi connectivity index (χ3v) is 6.89. The van der Waals surface area contributed by atoms with Crippen LogP contribution in [0.25, 0.3) is 10.9 Å². The summed E-state index contributed by atoms with van der Waals surface area (Å²) >= 11 is 12.1. The van der Waals surface area contributed by atoms with Crippen molar-refractivity contribution in [1.82, 2.24) is 4.98 Å². The fraction of sp³-hybridized carbons (Fsp3) is 0.318. The molecule has 1 aromatic heterocycles. The van der Waals surface area contributed by atoms with Gasteiger partial charge in [-0.3, -0.25) is 4.79 Å². The standard InChI is InChI=1S/C22H18Cl2F4N2O3/c1-2-9-8-21(33,22(26,27)28)20(12-7-13(23)18(24)19(32)17(9)12)30-15-6-10(25)5-14-11(15)3-4-16(31)29-14/h3-7,9,20,30,32-33H,2,8H2,1H3,(H,29,31)/t9-,20+,21-/m1/s1. The molecule has 33 heavy (non-hydrogen) atoms. The quantitative estimate of drug-likeness (QED) is 0.328. The van der Waals surface area contributed by atoms with Crippen LogP contribution < -0.4 is 10.9 Å². The Labute approximate surface area is 195 Å². The molecule has 4 N–H and O–H groups in total. The van der Waals surface area contributed by atoms with Crippen LogP contribution in [0.3, 0.4) is 0 Å². The van der Waals surface area contributed by atoms with Crippen LogP contribution in [-0.2, 0) is 0 Å². The lowest BCUT2D eigenvalue weighted by Crippen LogP contribution is -2.55. The van der Waals surface area contributed by atoms with Crippen LogP contribution >= 0.6 is 23.2 Å². The van der Waals surface area contributed by atoms with Gasteiger partial charge in [-0.15, -0.1) is 0 Å². The average molecular weight is 505 g/mol. The zero-order valence-electron chi connectivity index (χ0n) is 17.0. The Bertz CT molecular complexity index is 1310. The predicted octanol–water partition coefficient (Wildman–Crippen LogP) is 6.02. The topological polar surface area (TPSA) is 85.4 Å². The summed E-state index contributed by atoms with van der Waals surface area (Å²) in [5.41, 5.74) is -3.83. The van der Waals surface area contributed by atoms with E-state index in [1.54, 1.807) is 6.92 Å². The van der Waals surface area contributed by atoms with Crippen molar-refractivity contribution in [3.63, 3.8) is 0 Å². The Hall–Kier alpha value is -2.49. The smallest absolute Gasteiger partial charge is 0.419 e. The first-order chi connectivity index (χ1) is 15.4. The van der Waals surface area contributed by atoms with Gasteiger partial charge in [0.25, 0.3) is 0 Å². The molecule has 4 rings (SSSR count). The number of benzene rings is 2. The summed E-state index contributed by atoms with van der Waals surface area (Å²) in [5.74, 6) is -2.16. The number of alkyl halides is 3. The lowest BCUT2D eigenvalue weighted by atomic mass is 9.69. The first kappa shape index (κ1) is 23.7. The Balaban J connectivity index is 1.99. The highest BCUT2D eigenvalue weighted by atomic mass is 35.5. The number of hydrogen-bond donors (Lipinski definition) is 4. The second-order valence-electron chi connectivity index (χ2n) is 8.07. The van der Waals surface area contributed by atoms with Gasteiger partial charge < -0.3 is 20.5 Å². The molecule has 0 aliphatic heterocycles. The number of nitrogens with one attached hydrogen (secondary N) is 2. The fourth-order valence-electron chi connectivity index (χ4n) is 4.50. The number of H-pyrrole nitrogens is 1. The molecular formula is C22H18Cl2F4N2O3. The minimum Gasteiger partial charge on any atom is -0.506 e. The number of fused-ring (bicyclic) bond motifs is 2. The SMILES string of the molecule is CC[C@@H]1C[C@](O)(C(F)(F)F)[C@@H](Nc2cc(F)cc3[nH]c(=O)ccc23)c2cc(Cl)c(Cl)c(O)c21. The predicted molar refractivity (Wildman–Crippen MR) is 118 cm³/mol. The molecule has 0 saturated carbocycles. The van der Waals surface area contributed by atoms with Gasteiger partial charge in [-0.25, -0.2) is 4.39 Å². The highest BCUT2D eigenvalue weighted by Crippen LogP contribution is 2.57. The first-order valence-electron chi connectivity index (χ1n) is 9.96. The van der Waals surface area contributed by atoms with E-state index in [0.717, 1.165) is 18.2 Å². The molecule has 3 aromatic rings. The molecule has 1 heterocycles. The Kier molecular flexibility index (Phi) is 5.79. The summed E-state index contributed by atoms with van der Waals surface area (Å²) in [7, 11) is 0. The maximum Gasteiger partial charge on any atom is 0.419 e. The molecule has 0 amide bonds. The molecule has 3 atom stereocenters. The van der Waals surface area contributed by atoms with Crippen LogP contribution in [-0.4, -0.2) is 27.0 Å². The van der Waals surface area contributed by atoms with E-state index in [1.165, 1.54) is 12.1 Å². The maximum atomic E-state index is 14.3. The van der Waals surface area contributed by atoms with Crippen molar-refractivity contribution in [2.45, 2.75) is 43.5 Å². The third-order valence-electron chi connectivity index (χ3n) is 6.11. The van der Waals surface area contributed by atoms with E-state index in [9.17, 15) is 32.6 Å². The second-order valence-corrected chi connectivity index (χ2v) is 8.85. The second kappa shape index (κ2) is 8.07. The van der Waals surface area contributed by atoms with Gasteiger partial charge in [-0.1, -0.05) is 30.1 Å². The highest BCUT2D eigenvalue weighted by molar-refractivity contribution is 6.43. The lowest BCUT2D eigenvalue weighted by molar-refractivity contribution is -0.272. The molecule has 0 spiro atoms. The number of pyridine rings is 1. The van der Waals surface area contributed by atoms with Gasteiger partial charge in [0.15, 0.2) is 5.60 Å². The molecule has 1 aliphatic rings. The Morgan fingerprint density at radius 1 is 1.24 bits per heavy atom. The zero-order chi connectivity index (χ0) is 24.3. The van der Waals surface area contributed by atoms with E-state index < -0.39 is 47.3 Å². The number of aromatic amines is 1. The van der Waals surface area contributed by atoms with Gasteiger partial charge in [0, 0.05) is 22.7 Å². The molecule has 0 saturated heterocycles. The molecule has 0 bridgehead atoms. The van der Waals surface area contributed by atoms with Crippen molar-refractivity contribution in [1.29, 1.82) is 0 Å². The van der Waals surface area contributed by atoms with Crippen LogP contribution in [0.2, 0.25) is 10.0 Å². The Morgan fingerprint density at radius 3 is 2.58 bits per heavy atom. The molecule has 176 valence electrons. The maximum absolute atomic E-state index is 14.3. The van der Waals surface area contributed by atoms with Crippen molar-refractivity contribution < 1.29 is 27.8 Å². The zero-order valence-corrected chi connectivity index (χ0v) is 18.5. The van der Waals surface area contributed by atoms with E-state index >= 15 is 0 Å². The normalized spacial score (nSPS) is 22.9. The number of rotatable bonds is 3. The number of aromatic hydroxyl groups is 1. The minimum absolute atomic E-state index is 0.0556. The van der Waals surface area contributed by atoms with Crippen molar-refractivity contribution >= 4 is 39.8 Å². The van der Waals surface area contributed by atoms with E-state index in [2.05, 4.69) is 10.3 Å². The Morgan fingerprint density at radius 2 is 1.94 bits per heavy atom. The number of phenolic OH excluding ortho intramolecular Hbond substituents is 1. The van der Waals surface area contributed by atoms with Gasteiger partial charge in [-0.2, -0.15) is 13.2 Å². The van der Waals surface area contributed by atoms with Gasteiger partial charge in [0.1, 0.15) is 16.6 Å². The largest absolute Gasteiger partial charge is 0.506 e. The molecule has 5 nitrogen and oxygen atoms in total. The van der Waals surface area contributed by atoms with Crippen molar-refractivity contribution in [2.75, 3.05) is 5.32 Å². The summed E-state index contributed by atoms with van der Waals surface area (Å²) in [4.78, 5) is 14.0. The molecular weight excluding hydrogens is 487 g/mol. The fourth-order valence-corrected chi connectivity index (χ4v) is 4.86. The molecule has 11 heteroatoms. The van der Waals surface area contributed by atoms with Crippen LogP contribution in [0, 0.1) is 5.82 Å². The molecule has 2 aromatic carbocycles. The van der Waals surface area contributed by atoms with Crippen LogP contribution in [0.5, 0.6) is 5.75 Å². The van der Waals surface area contributed by atoms with Crippen LogP contribution in [0.1, 0.15) is 42.9 Å². The molecule has 0 fully saturated rings.